The van der Waals surface area contributed by atoms with Gasteiger partial charge in [-0.2, -0.15) is 0 Å². The second-order valence-corrected chi connectivity index (χ2v) is 5.91. The van der Waals surface area contributed by atoms with E-state index in [-0.39, 0.29) is 0 Å². The van der Waals surface area contributed by atoms with Gasteiger partial charge in [0.25, 0.3) is 0 Å². The first-order chi connectivity index (χ1) is 9.29. The van der Waals surface area contributed by atoms with Crippen LogP contribution in [0.5, 0.6) is 0 Å². The van der Waals surface area contributed by atoms with E-state index in [0.717, 1.165) is 43.7 Å². The molecule has 0 amide bonds. The van der Waals surface area contributed by atoms with Crippen LogP contribution in [-0.2, 0) is 13.1 Å². The van der Waals surface area contributed by atoms with Gasteiger partial charge in [-0.25, -0.2) is 4.68 Å². The van der Waals surface area contributed by atoms with E-state index in [1.54, 1.807) is 0 Å². The number of hydrogen-bond donors (Lipinski definition) is 1. The van der Waals surface area contributed by atoms with Gasteiger partial charge in [-0.3, -0.25) is 0 Å². The van der Waals surface area contributed by atoms with Gasteiger partial charge in [-0.15, -0.1) is 5.10 Å². The van der Waals surface area contributed by atoms with Crippen molar-refractivity contribution in [2.24, 2.45) is 11.8 Å². The number of aryl methyl sites for hydroxylation is 1. The molecular formula is C14H27N5. The van der Waals surface area contributed by atoms with Crippen LogP contribution in [0.1, 0.15) is 58.2 Å². The van der Waals surface area contributed by atoms with Gasteiger partial charge >= 0.3 is 0 Å². The monoisotopic (exact) mass is 265 g/mol. The van der Waals surface area contributed by atoms with Crippen LogP contribution in [0.15, 0.2) is 0 Å². The van der Waals surface area contributed by atoms with Crippen LogP contribution in [-0.4, -0.2) is 26.8 Å². The fourth-order valence-electron chi connectivity index (χ4n) is 2.82. The van der Waals surface area contributed by atoms with Crippen molar-refractivity contribution in [1.29, 1.82) is 0 Å². The largest absolute Gasteiger partial charge is 0.310 e. The Morgan fingerprint density at radius 1 is 1.26 bits per heavy atom. The lowest BCUT2D eigenvalue weighted by molar-refractivity contribution is 0.264. The van der Waals surface area contributed by atoms with Crippen LogP contribution >= 0.6 is 0 Å². The van der Waals surface area contributed by atoms with Crippen LogP contribution in [0.25, 0.3) is 0 Å². The molecule has 1 aliphatic rings. The summed E-state index contributed by atoms with van der Waals surface area (Å²) < 4.78 is 1.97. The maximum atomic E-state index is 4.11. The number of nitrogens with zero attached hydrogens (tertiary/aromatic N) is 4. The molecule has 0 saturated heterocycles. The van der Waals surface area contributed by atoms with E-state index in [1.807, 2.05) is 4.68 Å². The van der Waals surface area contributed by atoms with Gasteiger partial charge in [0.05, 0.1) is 6.54 Å². The van der Waals surface area contributed by atoms with Crippen molar-refractivity contribution in [1.82, 2.24) is 25.5 Å². The number of tetrazole rings is 1. The summed E-state index contributed by atoms with van der Waals surface area (Å²) in [5.74, 6) is 2.77. The van der Waals surface area contributed by atoms with Crippen LogP contribution < -0.4 is 5.32 Å². The molecule has 5 nitrogen and oxygen atoms in total. The van der Waals surface area contributed by atoms with Crippen molar-refractivity contribution in [3.05, 3.63) is 5.82 Å². The Balaban J connectivity index is 1.74. The van der Waals surface area contributed by atoms with Gasteiger partial charge in [0.2, 0.25) is 0 Å². The Bertz CT molecular complexity index is 354. The molecule has 1 heterocycles. The van der Waals surface area contributed by atoms with Crippen molar-refractivity contribution in [2.75, 3.05) is 6.54 Å². The molecule has 1 aromatic rings. The summed E-state index contributed by atoms with van der Waals surface area (Å²) in [6, 6.07) is 0. The fraction of sp³-hybridized carbons (Fsp3) is 0.929. The molecule has 0 unspecified atom stereocenters. The topological polar surface area (TPSA) is 55.6 Å². The van der Waals surface area contributed by atoms with E-state index < -0.39 is 0 Å². The maximum Gasteiger partial charge on any atom is 0.165 e. The number of rotatable bonds is 7. The third kappa shape index (κ3) is 4.56. The van der Waals surface area contributed by atoms with Gasteiger partial charge in [0.1, 0.15) is 0 Å². The lowest BCUT2D eigenvalue weighted by Crippen LogP contribution is -2.20. The molecule has 108 valence electrons. The zero-order valence-corrected chi connectivity index (χ0v) is 12.3. The van der Waals surface area contributed by atoms with E-state index in [0.29, 0.717) is 0 Å². The van der Waals surface area contributed by atoms with E-state index in [4.69, 9.17) is 0 Å². The van der Waals surface area contributed by atoms with Crippen molar-refractivity contribution in [3.63, 3.8) is 0 Å². The van der Waals surface area contributed by atoms with Crippen molar-refractivity contribution in [2.45, 2.75) is 65.5 Å². The number of aromatic nitrogens is 4. The summed E-state index contributed by atoms with van der Waals surface area (Å²) in [6.07, 6.45) is 7.91. The van der Waals surface area contributed by atoms with Gasteiger partial charge in [-0.1, -0.05) is 39.5 Å². The standard InChI is InChI=1S/C14H27N5/c1-3-9-15-11-14-16-17-18-19(14)10-8-13-6-4-12(2)5-7-13/h12-13,15H,3-11H2,1-2H3. The fourth-order valence-corrected chi connectivity index (χ4v) is 2.82. The lowest BCUT2D eigenvalue weighted by atomic mass is 9.81. The maximum absolute atomic E-state index is 4.11. The number of hydrogen-bond acceptors (Lipinski definition) is 4. The molecule has 0 radical (unpaired) electrons. The Morgan fingerprint density at radius 2 is 2.05 bits per heavy atom. The molecule has 0 aliphatic heterocycles. The predicted octanol–water partition coefficient (Wildman–Crippen LogP) is 2.39. The molecule has 0 spiro atoms. The second kappa shape index (κ2) is 7.58. The smallest absolute Gasteiger partial charge is 0.165 e. The quantitative estimate of drug-likeness (QED) is 0.769. The summed E-state index contributed by atoms with van der Waals surface area (Å²) in [7, 11) is 0. The minimum absolute atomic E-state index is 0.780. The third-order valence-electron chi connectivity index (χ3n) is 4.20. The summed E-state index contributed by atoms with van der Waals surface area (Å²) in [5, 5.41) is 15.4. The first-order valence-corrected chi connectivity index (χ1v) is 7.75. The van der Waals surface area contributed by atoms with Crippen LogP contribution in [0.4, 0.5) is 0 Å². The van der Waals surface area contributed by atoms with E-state index in [2.05, 4.69) is 34.7 Å². The SMILES string of the molecule is CCCNCc1nnnn1CCC1CCC(C)CC1. The molecule has 1 N–H and O–H groups in total. The predicted molar refractivity (Wildman–Crippen MR) is 75.6 cm³/mol. The molecule has 1 aromatic heterocycles. The Hall–Kier alpha value is -0.970. The summed E-state index contributed by atoms with van der Waals surface area (Å²) >= 11 is 0. The summed E-state index contributed by atoms with van der Waals surface area (Å²) in [6.45, 7) is 7.31. The van der Waals surface area contributed by atoms with Crippen molar-refractivity contribution in [3.8, 4) is 0 Å². The lowest BCUT2D eigenvalue weighted by Gasteiger charge is -2.25. The zero-order chi connectivity index (χ0) is 13.5. The van der Waals surface area contributed by atoms with Gasteiger partial charge in [-0.05, 0) is 41.6 Å². The second-order valence-electron chi connectivity index (χ2n) is 5.91. The van der Waals surface area contributed by atoms with Gasteiger partial charge in [0, 0.05) is 6.54 Å². The van der Waals surface area contributed by atoms with Crippen molar-refractivity contribution >= 4 is 0 Å². The van der Waals surface area contributed by atoms with E-state index in [9.17, 15) is 0 Å². The molecule has 1 saturated carbocycles. The van der Waals surface area contributed by atoms with Crippen LogP contribution in [0.3, 0.4) is 0 Å². The molecule has 0 aromatic carbocycles. The Kier molecular flexibility index (Phi) is 5.76. The first kappa shape index (κ1) is 14.4. The molecule has 0 atom stereocenters. The average Bonchev–Trinajstić information content (AvgIpc) is 2.86. The highest BCUT2D eigenvalue weighted by Crippen LogP contribution is 2.30. The van der Waals surface area contributed by atoms with Crippen LogP contribution in [0.2, 0.25) is 0 Å². The van der Waals surface area contributed by atoms with Crippen LogP contribution in [0, 0.1) is 11.8 Å². The first-order valence-electron chi connectivity index (χ1n) is 7.75. The summed E-state index contributed by atoms with van der Waals surface area (Å²) in [4.78, 5) is 0. The van der Waals surface area contributed by atoms with Gasteiger partial charge < -0.3 is 5.32 Å². The number of nitrogens with one attached hydrogen (secondary N) is 1. The molecule has 1 fully saturated rings. The molecule has 0 bridgehead atoms. The van der Waals surface area contributed by atoms with E-state index >= 15 is 0 Å². The minimum Gasteiger partial charge on any atom is -0.310 e. The normalized spacial score (nSPS) is 23.7. The summed E-state index contributed by atoms with van der Waals surface area (Å²) in [5.41, 5.74) is 0. The Labute approximate surface area is 116 Å². The zero-order valence-electron chi connectivity index (χ0n) is 12.3. The highest BCUT2D eigenvalue weighted by Gasteiger charge is 2.18. The molecule has 2 rings (SSSR count). The van der Waals surface area contributed by atoms with Gasteiger partial charge in [0.15, 0.2) is 5.82 Å². The van der Waals surface area contributed by atoms with Crippen molar-refractivity contribution < 1.29 is 0 Å². The highest BCUT2D eigenvalue weighted by atomic mass is 15.5. The molecule has 19 heavy (non-hydrogen) atoms. The average molecular weight is 265 g/mol. The molecular weight excluding hydrogens is 238 g/mol. The molecule has 1 aliphatic carbocycles. The Morgan fingerprint density at radius 3 is 2.79 bits per heavy atom. The minimum atomic E-state index is 0.780. The molecule has 5 heteroatoms. The van der Waals surface area contributed by atoms with E-state index in [1.165, 1.54) is 32.1 Å². The third-order valence-corrected chi connectivity index (χ3v) is 4.20. The highest BCUT2D eigenvalue weighted by molar-refractivity contribution is 4.80.